The van der Waals surface area contributed by atoms with Crippen molar-refractivity contribution < 1.29 is 0 Å². The monoisotopic (exact) mass is 234 g/mol. The van der Waals surface area contributed by atoms with Gasteiger partial charge in [-0.25, -0.2) is 9.97 Å². The Balaban J connectivity index is 2.08. The molecular formula is C13H22N4. The first-order valence-electron chi connectivity index (χ1n) is 6.45. The third-order valence-corrected chi connectivity index (χ3v) is 3.40. The van der Waals surface area contributed by atoms with Gasteiger partial charge < -0.3 is 10.6 Å². The van der Waals surface area contributed by atoms with Crippen molar-refractivity contribution in [2.24, 2.45) is 5.92 Å². The Hall–Kier alpha value is -1.32. The van der Waals surface area contributed by atoms with Gasteiger partial charge >= 0.3 is 0 Å². The molecule has 1 saturated carbocycles. The standard InChI is InChI=1S/C13H22N4/c1-5-6-10-7-11(10)17-13-8(2)12(14-4)15-9(3)16-13/h10-11H,5-7H2,1-4H3,(H2,14,15,16,17). The minimum Gasteiger partial charge on any atom is -0.373 e. The molecule has 2 N–H and O–H groups in total. The van der Waals surface area contributed by atoms with Gasteiger partial charge in [-0.1, -0.05) is 13.3 Å². The van der Waals surface area contributed by atoms with Gasteiger partial charge in [0.05, 0.1) is 0 Å². The maximum atomic E-state index is 4.49. The van der Waals surface area contributed by atoms with Gasteiger partial charge in [-0.3, -0.25) is 0 Å². The van der Waals surface area contributed by atoms with Crippen LogP contribution in [0.25, 0.3) is 0 Å². The van der Waals surface area contributed by atoms with E-state index in [-0.39, 0.29) is 0 Å². The first-order valence-corrected chi connectivity index (χ1v) is 6.45. The molecule has 0 spiro atoms. The molecule has 4 heteroatoms. The van der Waals surface area contributed by atoms with Crippen LogP contribution in [-0.4, -0.2) is 23.1 Å². The van der Waals surface area contributed by atoms with Crippen LogP contribution >= 0.6 is 0 Å². The van der Waals surface area contributed by atoms with Crippen LogP contribution in [-0.2, 0) is 0 Å². The average Bonchev–Trinajstić information content (AvgIpc) is 3.02. The van der Waals surface area contributed by atoms with Gasteiger partial charge in [0.15, 0.2) is 0 Å². The SMILES string of the molecule is CCCC1CC1Nc1nc(C)nc(NC)c1C. The van der Waals surface area contributed by atoms with Crippen LogP contribution in [0.3, 0.4) is 0 Å². The number of hydrogen-bond acceptors (Lipinski definition) is 4. The highest BCUT2D eigenvalue weighted by Gasteiger charge is 2.36. The van der Waals surface area contributed by atoms with Crippen molar-refractivity contribution in [2.75, 3.05) is 17.7 Å². The Morgan fingerprint density at radius 3 is 2.59 bits per heavy atom. The predicted molar refractivity (Wildman–Crippen MR) is 71.5 cm³/mol. The molecule has 1 aromatic rings. The molecule has 0 amide bonds. The molecule has 1 aliphatic carbocycles. The van der Waals surface area contributed by atoms with E-state index >= 15 is 0 Å². The van der Waals surface area contributed by atoms with E-state index in [4.69, 9.17) is 0 Å². The van der Waals surface area contributed by atoms with Crippen LogP contribution in [0.2, 0.25) is 0 Å². The van der Waals surface area contributed by atoms with Crippen LogP contribution in [0.15, 0.2) is 0 Å². The maximum Gasteiger partial charge on any atom is 0.134 e. The largest absolute Gasteiger partial charge is 0.373 e. The number of anilines is 2. The van der Waals surface area contributed by atoms with Crippen molar-refractivity contribution >= 4 is 11.6 Å². The molecule has 1 fully saturated rings. The van der Waals surface area contributed by atoms with Crippen molar-refractivity contribution in [2.45, 2.75) is 46.1 Å². The molecular weight excluding hydrogens is 212 g/mol. The molecule has 0 bridgehead atoms. The van der Waals surface area contributed by atoms with Crippen LogP contribution in [0.4, 0.5) is 11.6 Å². The lowest BCUT2D eigenvalue weighted by Crippen LogP contribution is -2.11. The molecule has 1 aliphatic rings. The Morgan fingerprint density at radius 1 is 1.24 bits per heavy atom. The number of hydrogen-bond donors (Lipinski definition) is 2. The lowest BCUT2D eigenvalue weighted by Gasteiger charge is -2.12. The van der Waals surface area contributed by atoms with Crippen molar-refractivity contribution in [3.63, 3.8) is 0 Å². The highest BCUT2D eigenvalue weighted by molar-refractivity contribution is 5.57. The Bertz CT molecular complexity index is 403. The molecule has 0 saturated heterocycles. The van der Waals surface area contributed by atoms with Gasteiger partial charge in [-0.2, -0.15) is 0 Å². The summed E-state index contributed by atoms with van der Waals surface area (Å²) >= 11 is 0. The third kappa shape index (κ3) is 2.68. The lowest BCUT2D eigenvalue weighted by atomic mass is 10.2. The Morgan fingerprint density at radius 2 is 1.94 bits per heavy atom. The fourth-order valence-corrected chi connectivity index (χ4v) is 2.30. The van der Waals surface area contributed by atoms with E-state index in [0.717, 1.165) is 28.9 Å². The van der Waals surface area contributed by atoms with E-state index in [1.165, 1.54) is 19.3 Å². The second-order valence-electron chi connectivity index (χ2n) is 4.88. The van der Waals surface area contributed by atoms with Gasteiger partial charge in [-0.15, -0.1) is 0 Å². The summed E-state index contributed by atoms with van der Waals surface area (Å²) in [5.74, 6) is 3.57. The number of aromatic nitrogens is 2. The summed E-state index contributed by atoms with van der Waals surface area (Å²) in [6.07, 6.45) is 3.87. The first kappa shape index (κ1) is 12.1. The number of nitrogens with zero attached hydrogens (tertiary/aromatic N) is 2. The van der Waals surface area contributed by atoms with Crippen LogP contribution in [0.5, 0.6) is 0 Å². The maximum absolute atomic E-state index is 4.49. The molecule has 4 nitrogen and oxygen atoms in total. The summed E-state index contributed by atoms with van der Waals surface area (Å²) in [5, 5.41) is 6.66. The topological polar surface area (TPSA) is 49.8 Å². The van der Waals surface area contributed by atoms with Crippen molar-refractivity contribution in [1.29, 1.82) is 0 Å². The molecule has 2 unspecified atom stereocenters. The van der Waals surface area contributed by atoms with E-state index in [2.05, 4.69) is 34.4 Å². The van der Waals surface area contributed by atoms with E-state index in [1.807, 2.05) is 14.0 Å². The second-order valence-corrected chi connectivity index (χ2v) is 4.88. The molecule has 2 atom stereocenters. The normalized spacial score (nSPS) is 22.4. The summed E-state index contributed by atoms with van der Waals surface area (Å²) in [7, 11) is 1.90. The van der Waals surface area contributed by atoms with Crippen molar-refractivity contribution in [3.8, 4) is 0 Å². The molecule has 2 rings (SSSR count). The van der Waals surface area contributed by atoms with E-state index in [9.17, 15) is 0 Å². The van der Waals surface area contributed by atoms with Gasteiger partial charge in [0.25, 0.3) is 0 Å². The van der Waals surface area contributed by atoms with Crippen molar-refractivity contribution in [1.82, 2.24) is 9.97 Å². The van der Waals surface area contributed by atoms with E-state index in [0.29, 0.717) is 6.04 Å². The quantitative estimate of drug-likeness (QED) is 0.822. The van der Waals surface area contributed by atoms with Crippen molar-refractivity contribution in [3.05, 3.63) is 11.4 Å². The second kappa shape index (κ2) is 4.90. The highest BCUT2D eigenvalue weighted by atomic mass is 15.1. The fraction of sp³-hybridized carbons (Fsp3) is 0.692. The molecule has 0 radical (unpaired) electrons. The van der Waals surface area contributed by atoms with Gasteiger partial charge in [0.1, 0.15) is 17.5 Å². The fourth-order valence-electron chi connectivity index (χ4n) is 2.30. The van der Waals surface area contributed by atoms with Crippen LogP contribution in [0, 0.1) is 19.8 Å². The molecule has 0 aromatic carbocycles. The summed E-state index contributed by atoms with van der Waals surface area (Å²) in [5.41, 5.74) is 1.11. The van der Waals surface area contributed by atoms with Gasteiger partial charge in [0.2, 0.25) is 0 Å². The Labute approximate surface area is 103 Å². The summed E-state index contributed by atoms with van der Waals surface area (Å²) in [6, 6.07) is 0.618. The van der Waals surface area contributed by atoms with Gasteiger partial charge in [0, 0.05) is 18.7 Å². The lowest BCUT2D eigenvalue weighted by molar-refractivity contribution is 0.691. The zero-order valence-electron chi connectivity index (χ0n) is 11.2. The van der Waals surface area contributed by atoms with Crippen LogP contribution in [0.1, 0.15) is 37.6 Å². The third-order valence-electron chi connectivity index (χ3n) is 3.40. The van der Waals surface area contributed by atoms with Gasteiger partial charge in [-0.05, 0) is 32.6 Å². The summed E-state index contributed by atoms with van der Waals surface area (Å²) in [4.78, 5) is 8.87. The Kier molecular flexibility index (Phi) is 3.50. The zero-order valence-corrected chi connectivity index (χ0v) is 11.2. The number of aryl methyl sites for hydroxylation is 1. The molecule has 17 heavy (non-hydrogen) atoms. The minimum absolute atomic E-state index is 0.618. The number of rotatable bonds is 5. The van der Waals surface area contributed by atoms with E-state index in [1.54, 1.807) is 0 Å². The molecule has 1 aromatic heterocycles. The smallest absolute Gasteiger partial charge is 0.134 e. The van der Waals surface area contributed by atoms with E-state index < -0.39 is 0 Å². The highest BCUT2D eigenvalue weighted by Crippen LogP contribution is 2.37. The summed E-state index contributed by atoms with van der Waals surface area (Å²) in [6.45, 7) is 6.24. The zero-order chi connectivity index (χ0) is 12.4. The molecule has 94 valence electrons. The first-order chi connectivity index (χ1) is 8.15. The van der Waals surface area contributed by atoms with Crippen LogP contribution < -0.4 is 10.6 Å². The average molecular weight is 234 g/mol. The minimum atomic E-state index is 0.618. The molecule has 0 aliphatic heterocycles. The number of nitrogens with one attached hydrogen (secondary N) is 2. The predicted octanol–water partition coefficient (Wildman–Crippen LogP) is 2.74. The summed E-state index contributed by atoms with van der Waals surface area (Å²) < 4.78 is 0. The molecule has 1 heterocycles.